The molecule has 48 heavy (non-hydrogen) atoms. The summed E-state index contributed by atoms with van der Waals surface area (Å²) in [5.41, 5.74) is 8.88. The van der Waals surface area contributed by atoms with Crippen LogP contribution >= 0.6 is 0 Å². The van der Waals surface area contributed by atoms with Crippen LogP contribution in [0, 0.1) is 5.82 Å². The fourth-order valence-corrected chi connectivity index (χ4v) is 6.38. The number of halogens is 1. The Balaban J connectivity index is 1.43. The topological polar surface area (TPSA) is 43.6 Å². The van der Waals surface area contributed by atoms with E-state index in [2.05, 4.69) is 86.0 Å². The molecule has 0 saturated heterocycles. The molecule has 0 N–H and O–H groups in total. The summed E-state index contributed by atoms with van der Waals surface area (Å²) in [6.45, 7) is 6.73. The minimum Gasteiger partial charge on any atom is -0.309 e. The SMILES string of the molecule is CC(C)(C)c1ccc2c3ccccc3n(-c3ccc(-c4ccc(F)cc4)c(-c4nc(-c5ccccc5)nc(-c5ccccc5)n4)c3)c2c1. The number of para-hydroxylation sites is 1. The first-order chi connectivity index (χ1) is 23.3. The average molecular weight is 625 g/mol. The molecule has 0 spiro atoms. The standard InChI is InChI=1S/C43H33FN4/c1-43(2,3)31-20-24-36-35-16-10-11-17-38(35)48(39(36)26-31)33-23-25-34(28-18-21-32(44)22-19-28)37(27-33)42-46-40(29-12-6-4-7-13-29)45-41(47-42)30-14-8-5-9-15-30/h4-27H,1-3H3. The molecule has 0 bridgehead atoms. The van der Waals surface area contributed by atoms with E-state index in [0.717, 1.165) is 44.5 Å². The quantitative estimate of drug-likeness (QED) is 0.191. The number of fused-ring (bicyclic) bond motifs is 3. The normalized spacial score (nSPS) is 11.8. The molecular weight excluding hydrogens is 591 g/mol. The van der Waals surface area contributed by atoms with E-state index in [1.54, 1.807) is 12.1 Å². The first-order valence-corrected chi connectivity index (χ1v) is 16.1. The van der Waals surface area contributed by atoms with Crippen molar-refractivity contribution in [3.8, 4) is 51.0 Å². The summed E-state index contributed by atoms with van der Waals surface area (Å²) in [5, 5.41) is 2.38. The Morgan fingerprint density at radius 2 is 1.06 bits per heavy atom. The Morgan fingerprint density at radius 3 is 1.71 bits per heavy atom. The highest BCUT2D eigenvalue weighted by molar-refractivity contribution is 6.09. The number of hydrogen-bond acceptors (Lipinski definition) is 3. The van der Waals surface area contributed by atoms with Crippen LogP contribution in [0.3, 0.4) is 0 Å². The molecule has 232 valence electrons. The van der Waals surface area contributed by atoms with Crippen molar-refractivity contribution in [2.75, 3.05) is 0 Å². The van der Waals surface area contributed by atoms with Crippen LogP contribution in [0.4, 0.5) is 4.39 Å². The predicted octanol–water partition coefficient (Wildman–Crippen LogP) is 11.1. The molecule has 8 rings (SSSR count). The maximum atomic E-state index is 14.1. The Morgan fingerprint density at radius 1 is 0.479 bits per heavy atom. The molecule has 0 amide bonds. The molecule has 2 heterocycles. The number of rotatable bonds is 5. The van der Waals surface area contributed by atoms with Crippen LogP contribution in [0.25, 0.3) is 72.8 Å². The van der Waals surface area contributed by atoms with Gasteiger partial charge in [0.1, 0.15) is 5.82 Å². The molecular formula is C43H33FN4. The van der Waals surface area contributed by atoms with Gasteiger partial charge in [0.2, 0.25) is 0 Å². The first-order valence-electron chi connectivity index (χ1n) is 16.1. The van der Waals surface area contributed by atoms with E-state index in [4.69, 9.17) is 15.0 Å². The van der Waals surface area contributed by atoms with E-state index in [1.165, 1.54) is 28.5 Å². The van der Waals surface area contributed by atoms with Gasteiger partial charge in [-0.1, -0.05) is 130 Å². The van der Waals surface area contributed by atoms with Crippen LogP contribution in [-0.2, 0) is 5.41 Å². The van der Waals surface area contributed by atoms with Gasteiger partial charge in [0, 0.05) is 33.2 Å². The molecule has 5 heteroatoms. The predicted molar refractivity (Wildman–Crippen MR) is 195 cm³/mol. The molecule has 6 aromatic carbocycles. The molecule has 0 aliphatic carbocycles. The number of hydrogen-bond donors (Lipinski definition) is 0. The lowest BCUT2D eigenvalue weighted by Crippen LogP contribution is -2.10. The van der Waals surface area contributed by atoms with E-state index >= 15 is 0 Å². The van der Waals surface area contributed by atoms with E-state index in [9.17, 15) is 4.39 Å². The van der Waals surface area contributed by atoms with E-state index in [1.807, 2.05) is 60.7 Å². The molecule has 2 aromatic heterocycles. The van der Waals surface area contributed by atoms with Crippen LogP contribution in [0.1, 0.15) is 26.3 Å². The molecule has 0 atom stereocenters. The van der Waals surface area contributed by atoms with Crippen LogP contribution in [-0.4, -0.2) is 19.5 Å². The summed E-state index contributed by atoms with van der Waals surface area (Å²) in [7, 11) is 0. The van der Waals surface area contributed by atoms with Gasteiger partial charge in [-0.2, -0.15) is 0 Å². The maximum absolute atomic E-state index is 14.1. The Kier molecular flexibility index (Phi) is 7.18. The van der Waals surface area contributed by atoms with Gasteiger partial charge < -0.3 is 4.57 Å². The van der Waals surface area contributed by atoms with Gasteiger partial charge in [-0.15, -0.1) is 0 Å². The molecule has 0 aliphatic heterocycles. The van der Waals surface area contributed by atoms with Gasteiger partial charge >= 0.3 is 0 Å². The molecule has 0 fully saturated rings. The van der Waals surface area contributed by atoms with Crippen molar-refractivity contribution < 1.29 is 4.39 Å². The minimum absolute atomic E-state index is 0.0143. The van der Waals surface area contributed by atoms with E-state index < -0.39 is 0 Å². The Labute approximate surface area is 279 Å². The van der Waals surface area contributed by atoms with Gasteiger partial charge in [0.15, 0.2) is 17.5 Å². The third-order valence-corrected chi connectivity index (χ3v) is 8.90. The van der Waals surface area contributed by atoms with Crippen LogP contribution in [0.5, 0.6) is 0 Å². The first kappa shape index (κ1) is 29.5. The molecule has 0 radical (unpaired) electrons. The second kappa shape index (κ2) is 11.7. The zero-order chi connectivity index (χ0) is 32.8. The number of nitrogens with zero attached hydrogens (tertiary/aromatic N) is 4. The summed E-state index contributed by atoms with van der Waals surface area (Å²) in [6, 6.07) is 48.3. The lowest BCUT2D eigenvalue weighted by Gasteiger charge is -2.20. The van der Waals surface area contributed by atoms with Gasteiger partial charge in [0.25, 0.3) is 0 Å². The van der Waals surface area contributed by atoms with Crippen molar-refractivity contribution in [1.82, 2.24) is 19.5 Å². The summed E-state index contributed by atoms with van der Waals surface area (Å²) in [4.78, 5) is 15.1. The molecule has 0 unspecified atom stereocenters. The van der Waals surface area contributed by atoms with Crippen molar-refractivity contribution in [3.63, 3.8) is 0 Å². The third-order valence-electron chi connectivity index (χ3n) is 8.90. The van der Waals surface area contributed by atoms with Crippen molar-refractivity contribution in [1.29, 1.82) is 0 Å². The second-order valence-corrected chi connectivity index (χ2v) is 13.1. The van der Waals surface area contributed by atoms with E-state index in [0.29, 0.717) is 17.5 Å². The van der Waals surface area contributed by atoms with Gasteiger partial charge in [-0.3, -0.25) is 0 Å². The van der Waals surface area contributed by atoms with Crippen molar-refractivity contribution in [2.24, 2.45) is 0 Å². The second-order valence-electron chi connectivity index (χ2n) is 13.1. The molecule has 0 saturated carbocycles. The lowest BCUT2D eigenvalue weighted by molar-refractivity contribution is 0.591. The third kappa shape index (κ3) is 5.33. The molecule has 8 aromatic rings. The monoisotopic (exact) mass is 624 g/mol. The number of aromatic nitrogens is 4. The number of benzene rings is 6. The largest absolute Gasteiger partial charge is 0.309 e. The average Bonchev–Trinajstić information content (AvgIpc) is 3.46. The van der Waals surface area contributed by atoms with Gasteiger partial charge in [0.05, 0.1) is 11.0 Å². The molecule has 4 nitrogen and oxygen atoms in total. The van der Waals surface area contributed by atoms with Crippen LogP contribution in [0.2, 0.25) is 0 Å². The Bertz CT molecular complexity index is 2370. The highest BCUT2D eigenvalue weighted by atomic mass is 19.1. The molecule has 0 aliphatic rings. The van der Waals surface area contributed by atoms with E-state index in [-0.39, 0.29) is 11.2 Å². The highest BCUT2D eigenvalue weighted by Crippen LogP contribution is 2.39. The van der Waals surface area contributed by atoms with Crippen molar-refractivity contribution in [2.45, 2.75) is 26.2 Å². The fraction of sp³-hybridized carbons (Fsp3) is 0.0930. The zero-order valence-corrected chi connectivity index (χ0v) is 27.0. The fourth-order valence-electron chi connectivity index (χ4n) is 6.38. The smallest absolute Gasteiger partial charge is 0.164 e. The van der Waals surface area contributed by atoms with Gasteiger partial charge in [-0.05, 0) is 58.5 Å². The summed E-state index contributed by atoms with van der Waals surface area (Å²) in [5.74, 6) is 1.43. The van der Waals surface area contributed by atoms with Crippen LogP contribution in [0.15, 0.2) is 146 Å². The summed E-state index contributed by atoms with van der Waals surface area (Å²) in [6.07, 6.45) is 0. The van der Waals surface area contributed by atoms with Crippen molar-refractivity contribution in [3.05, 3.63) is 157 Å². The lowest BCUT2D eigenvalue weighted by atomic mass is 9.86. The zero-order valence-electron chi connectivity index (χ0n) is 27.0. The summed E-state index contributed by atoms with van der Waals surface area (Å²) >= 11 is 0. The van der Waals surface area contributed by atoms with Crippen LogP contribution < -0.4 is 0 Å². The minimum atomic E-state index is -0.283. The maximum Gasteiger partial charge on any atom is 0.164 e. The highest BCUT2D eigenvalue weighted by Gasteiger charge is 2.21. The summed E-state index contributed by atoms with van der Waals surface area (Å²) < 4.78 is 16.5. The van der Waals surface area contributed by atoms with Gasteiger partial charge in [-0.25, -0.2) is 19.3 Å². The Hall–Kier alpha value is -5.94. The van der Waals surface area contributed by atoms with Crippen molar-refractivity contribution >= 4 is 21.8 Å².